The lowest BCUT2D eigenvalue weighted by Gasteiger charge is -2.29. The maximum atomic E-state index is 11.9. The fourth-order valence-electron chi connectivity index (χ4n) is 3.45. The van der Waals surface area contributed by atoms with Gasteiger partial charge in [-0.1, -0.05) is 77.6 Å². The Morgan fingerprint density at radius 2 is 1.42 bits per heavy atom. The molecule has 0 aliphatic heterocycles. The minimum Gasteiger partial charge on any atom is -0.369 e. The number of unbranched alkanes of at least 4 members (excludes halogenated alkanes) is 6. The van der Waals surface area contributed by atoms with E-state index in [1.54, 1.807) is 0 Å². The molecular formula is C17H33NO. The highest BCUT2D eigenvalue weighted by Crippen LogP contribution is 2.39. The molecule has 0 radical (unpaired) electrons. The second kappa shape index (κ2) is 9.39. The highest BCUT2D eigenvalue weighted by molar-refractivity contribution is 5.80. The van der Waals surface area contributed by atoms with E-state index >= 15 is 0 Å². The molecule has 2 nitrogen and oxygen atoms in total. The molecule has 2 heteroatoms. The van der Waals surface area contributed by atoms with Gasteiger partial charge >= 0.3 is 0 Å². The van der Waals surface area contributed by atoms with E-state index in [0.717, 1.165) is 19.3 Å². The molecule has 0 aromatic rings. The summed E-state index contributed by atoms with van der Waals surface area (Å²) in [5, 5.41) is 0. The number of nitrogens with two attached hydrogens (primary N) is 1. The molecule has 1 amide bonds. The lowest BCUT2D eigenvalue weighted by Crippen LogP contribution is -2.36. The quantitative estimate of drug-likeness (QED) is 0.466. The molecule has 0 unspecified atom stereocenters. The minimum absolute atomic E-state index is 0.0274. The van der Waals surface area contributed by atoms with Crippen LogP contribution in [0.4, 0.5) is 0 Å². The second-order valence-electron chi connectivity index (χ2n) is 6.43. The third kappa shape index (κ3) is 5.97. The molecule has 0 aromatic carbocycles. The van der Waals surface area contributed by atoms with Crippen molar-refractivity contribution in [1.29, 1.82) is 0 Å². The van der Waals surface area contributed by atoms with Gasteiger partial charge in [0.1, 0.15) is 0 Å². The minimum atomic E-state index is -0.153. The van der Waals surface area contributed by atoms with Crippen molar-refractivity contribution in [2.24, 2.45) is 11.1 Å². The average molecular weight is 267 g/mol. The summed E-state index contributed by atoms with van der Waals surface area (Å²) in [6.45, 7) is 2.25. The van der Waals surface area contributed by atoms with Crippen LogP contribution in [0.1, 0.15) is 96.8 Å². The van der Waals surface area contributed by atoms with E-state index in [9.17, 15) is 4.79 Å². The standard InChI is InChI=1S/C17H33NO/c1-2-3-4-5-6-7-10-13-17(16(18)19)14-11-8-9-12-15-17/h2-15H2,1H3,(H2,18,19). The van der Waals surface area contributed by atoms with Crippen LogP contribution in [-0.2, 0) is 4.79 Å². The van der Waals surface area contributed by atoms with Gasteiger partial charge in [0, 0.05) is 5.41 Å². The van der Waals surface area contributed by atoms with E-state index in [1.165, 1.54) is 70.6 Å². The van der Waals surface area contributed by atoms with Gasteiger partial charge in [-0.05, 0) is 19.3 Å². The fraction of sp³-hybridized carbons (Fsp3) is 0.941. The van der Waals surface area contributed by atoms with Gasteiger partial charge in [0.25, 0.3) is 0 Å². The molecule has 112 valence electrons. The van der Waals surface area contributed by atoms with E-state index in [-0.39, 0.29) is 11.3 Å². The molecule has 2 N–H and O–H groups in total. The van der Waals surface area contributed by atoms with Gasteiger partial charge < -0.3 is 5.73 Å². The van der Waals surface area contributed by atoms with Crippen LogP contribution in [0, 0.1) is 5.41 Å². The van der Waals surface area contributed by atoms with E-state index in [1.807, 2.05) is 0 Å². The van der Waals surface area contributed by atoms with E-state index in [0.29, 0.717) is 0 Å². The maximum absolute atomic E-state index is 11.9. The van der Waals surface area contributed by atoms with Crippen molar-refractivity contribution in [2.75, 3.05) is 0 Å². The van der Waals surface area contributed by atoms with E-state index < -0.39 is 0 Å². The monoisotopic (exact) mass is 267 g/mol. The molecule has 1 rings (SSSR count). The van der Waals surface area contributed by atoms with Gasteiger partial charge in [0.15, 0.2) is 0 Å². The lowest BCUT2D eigenvalue weighted by atomic mass is 9.75. The maximum Gasteiger partial charge on any atom is 0.223 e. The van der Waals surface area contributed by atoms with Gasteiger partial charge in [-0.25, -0.2) is 0 Å². The second-order valence-corrected chi connectivity index (χ2v) is 6.43. The zero-order valence-electron chi connectivity index (χ0n) is 12.9. The van der Waals surface area contributed by atoms with Gasteiger partial charge in [-0.15, -0.1) is 0 Å². The summed E-state index contributed by atoms with van der Waals surface area (Å²) in [4.78, 5) is 11.9. The first-order valence-corrected chi connectivity index (χ1v) is 8.51. The molecule has 0 spiro atoms. The van der Waals surface area contributed by atoms with Crippen molar-refractivity contribution in [3.63, 3.8) is 0 Å². The fourth-order valence-corrected chi connectivity index (χ4v) is 3.45. The summed E-state index contributed by atoms with van der Waals surface area (Å²) < 4.78 is 0. The van der Waals surface area contributed by atoms with Gasteiger partial charge in [-0.2, -0.15) is 0 Å². The Morgan fingerprint density at radius 1 is 0.895 bits per heavy atom. The summed E-state index contributed by atoms with van der Waals surface area (Å²) in [5.41, 5.74) is 5.56. The smallest absolute Gasteiger partial charge is 0.223 e. The van der Waals surface area contributed by atoms with Crippen LogP contribution in [0.3, 0.4) is 0 Å². The highest BCUT2D eigenvalue weighted by Gasteiger charge is 2.35. The van der Waals surface area contributed by atoms with Crippen LogP contribution >= 0.6 is 0 Å². The lowest BCUT2D eigenvalue weighted by molar-refractivity contribution is -0.129. The number of amides is 1. The summed E-state index contributed by atoms with van der Waals surface area (Å²) >= 11 is 0. The molecule has 0 heterocycles. The van der Waals surface area contributed by atoms with Crippen molar-refractivity contribution in [3.05, 3.63) is 0 Å². The third-order valence-corrected chi connectivity index (χ3v) is 4.84. The first-order chi connectivity index (χ1) is 9.21. The van der Waals surface area contributed by atoms with Gasteiger partial charge in [-0.3, -0.25) is 4.79 Å². The van der Waals surface area contributed by atoms with Gasteiger partial charge in [0.2, 0.25) is 5.91 Å². The van der Waals surface area contributed by atoms with Crippen LogP contribution in [0.2, 0.25) is 0 Å². The molecule has 0 atom stereocenters. The summed E-state index contributed by atoms with van der Waals surface area (Å²) in [6.07, 6.45) is 17.3. The Hall–Kier alpha value is -0.530. The zero-order valence-corrected chi connectivity index (χ0v) is 12.9. The number of primary amides is 1. The van der Waals surface area contributed by atoms with Gasteiger partial charge in [0.05, 0.1) is 0 Å². The number of carbonyl (C=O) groups excluding carboxylic acids is 1. The normalized spacial score (nSPS) is 19.0. The molecule has 0 saturated heterocycles. The van der Waals surface area contributed by atoms with E-state index in [4.69, 9.17) is 5.73 Å². The molecule has 1 fully saturated rings. The number of hydrogen-bond donors (Lipinski definition) is 1. The summed E-state index contributed by atoms with van der Waals surface area (Å²) in [5.74, 6) is -0.0274. The van der Waals surface area contributed by atoms with Crippen LogP contribution in [-0.4, -0.2) is 5.91 Å². The molecule has 0 bridgehead atoms. The first-order valence-electron chi connectivity index (χ1n) is 8.51. The first kappa shape index (κ1) is 16.5. The van der Waals surface area contributed by atoms with Crippen LogP contribution in [0.5, 0.6) is 0 Å². The van der Waals surface area contributed by atoms with Crippen LogP contribution in [0.15, 0.2) is 0 Å². The topological polar surface area (TPSA) is 43.1 Å². The third-order valence-electron chi connectivity index (χ3n) is 4.84. The van der Waals surface area contributed by atoms with Crippen LogP contribution < -0.4 is 5.73 Å². The SMILES string of the molecule is CCCCCCCCCC1(C(N)=O)CCCCCC1. The van der Waals surface area contributed by atoms with Crippen molar-refractivity contribution in [3.8, 4) is 0 Å². The van der Waals surface area contributed by atoms with Crippen LogP contribution in [0.25, 0.3) is 0 Å². The zero-order chi connectivity index (χ0) is 14.0. The Kier molecular flexibility index (Phi) is 8.16. The molecule has 1 aliphatic carbocycles. The number of hydrogen-bond acceptors (Lipinski definition) is 1. The molecular weight excluding hydrogens is 234 g/mol. The predicted molar refractivity (Wildman–Crippen MR) is 81.9 cm³/mol. The van der Waals surface area contributed by atoms with Crippen molar-refractivity contribution in [1.82, 2.24) is 0 Å². The van der Waals surface area contributed by atoms with Crippen molar-refractivity contribution in [2.45, 2.75) is 96.8 Å². The van der Waals surface area contributed by atoms with E-state index in [2.05, 4.69) is 6.92 Å². The molecule has 1 saturated carbocycles. The highest BCUT2D eigenvalue weighted by atomic mass is 16.1. The van der Waals surface area contributed by atoms with Crippen molar-refractivity contribution >= 4 is 5.91 Å². The predicted octanol–water partition coefficient (Wildman–Crippen LogP) is 4.95. The molecule has 1 aliphatic rings. The average Bonchev–Trinajstić information content (AvgIpc) is 2.64. The molecule has 0 aromatic heterocycles. The summed E-state index contributed by atoms with van der Waals surface area (Å²) in [7, 11) is 0. The Bertz CT molecular complexity index is 242. The number of rotatable bonds is 9. The summed E-state index contributed by atoms with van der Waals surface area (Å²) in [6, 6.07) is 0. The Balaban J connectivity index is 2.24. The van der Waals surface area contributed by atoms with Crippen molar-refractivity contribution < 1.29 is 4.79 Å². The molecule has 19 heavy (non-hydrogen) atoms. The largest absolute Gasteiger partial charge is 0.369 e. The Morgan fingerprint density at radius 3 is 1.95 bits per heavy atom. The Labute approximate surface area is 119 Å². The number of carbonyl (C=O) groups is 1.